The van der Waals surface area contributed by atoms with Gasteiger partial charge in [0, 0.05) is 38.0 Å². The summed E-state index contributed by atoms with van der Waals surface area (Å²) in [6.45, 7) is 2.95. The number of carbonyl (C=O) groups excluding carboxylic acids is 2. The summed E-state index contributed by atoms with van der Waals surface area (Å²) in [5, 5.41) is 11.2. The molecule has 1 aromatic rings. The first kappa shape index (κ1) is 16.0. The van der Waals surface area contributed by atoms with Crippen molar-refractivity contribution < 1.29 is 9.59 Å². The van der Waals surface area contributed by atoms with Crippen LogP contribution < -0.4 is 5.32 Å². The largest absolute Gasteiger partial charge is 0.366 e. The van der Waals surface area contributed by atoms with E-state index < -0.39 is 0 Å². The van der Waals surface area contributed by atoms with Gasteiger partial charge in [0.15, 0.2) is 0 Å². The van der Waals surface area contributed by atoms with Crippen LogP contribution in [0.1, 0.15) is 19.8 Å². The van der Waals surface area contributed by atoms with Crippen molar-refractivity contribution in [2.24, 2.45) is 0 Å². The predicted molar refractivity (Wildman–Crippen MR) is 88.9 cm³/mol. The number of nitrogens with one attached hydrogen (secondary N) is 1. The van der Waals surface area contributed by atoms with Crippen molar-refractivity contribution in [2.45, 2.75) is 31.8 Å². The summed E-state index contributed by atoms with van der Waals surface area (Å²) in [4.78, 5) is 27.8. The van der Waals surface area contributed by atoms with Crippen LogP contribution in [0.15, 0.2) is 18.3 Å². The molecule has 1 aromatic heterocycles. The third-order valence-electron chi connectivity index (χ3n) is 4.30. The van der Waals surface area contributed by atoms with Crippen molar-refractivity contribution in [3.63, 3.8) is 0 Å². The topological polar surface area (TPSA) is 78.4 Å². The number of amides is 2. The molecule has 3 rings (SSSR count). The molecule has 2 aliphatic rings. The Morgan fingerprint density at radius 2 is 2.13 bits per heavy atom. The molecule has 1 atom stereocenters. The molecule has 2 aliphatic heterocycles. The number of hydrogen-bond donors (Lipinski definition) is 1. The highest BCUT2D eigenvalue weighted by Gasteiger charge is 2.36. The van der Waals surface area contributed by atoms with Crippen molar-refractivity contribution in [3.05, 3.63) is 18.3 Å². The smallest absolute Gasteiger partial charge is 0.246 e. The zero-order valence-corrected chi connectivity index (χ0v) is 14.0. The molecule has 3 heterocycles. The minimum absolute atomic E-state index is 0.0208. The Morgan fingerprint density at radius 1 is 1.35 bits per heavy atom. The summed E-state index contributed by atoms with van der Waals surface area (Å²) in [6, 6.07) is 3.76. The summed E-state index contributed by atoms with van der Waals surface area (Å²) < 4.78 is 0. The molecule has 0 radical (unpaired) electrons. The first-order valence-corrected chi connectivity index (χ1v) is 8.98. The summed E-state index contributed by atoms with van der Waals surface area (Å²) in [6.07, 6.45) is 3.40. The first-order valence-electron chi connectivity index (χ1n) is 7.83. The van der Waals surface area contributed by atoms with Crippen LogP contribution in [-0.2, 0) is 9.59 Å². The summed E-state index contributed by atoms with van der Waals surface area (Å²) in [5.41, 5.74) is 0. The second kappa shape index (κ2) is 7.16. The number of piperidine rings is 1. The van der Waals surface area contributed by atoms with Crippen molar-refractivity contribution >= 4 is 29.4 Å². The number of nitrogens with zero attached hydrogens (tertiary/aromatic N) is 4. The van der Waals surface area contributed by atoms with Crippen LogP contribution in [0.5, 0.6) is 0 Å². The highest BCUT2D eigenvalue weighted by Crippen LogP contribution is 2.24. The predicted octanol–water partition coefficient (Wildman–Crippen LogP) is 0.801. The van der Waals surface area contributed by atoms with Crippen LogP contribution in [0, 0.1) is 0 Å². The standard InChI is InChI=1S/C15H21N5O2S/c1-11(21)20-10-23-9-13(20)15(22)19-7-4-12(5-8-19)17-14-3-2-6-16-18-14/h2-3,6,12-13H,4-5,7-10H2,1H3,(H,17,18). The summed E-state index contributed by atoms with van der Waals surface area (Å²) in [5.74, 6) is 2.16. The number of anilines is 1. The fourth-order valence-electron chi connectivity index (χ4n) is 3.00. The number of hydrogen-bond acceptors (Lipinski definition) is 6. The lowest BCUT2D eigenvalue weighted by Gasteiger charge is -2.35. The molecule has 1 unspecified atom stereocenters. The van der Waals surface area contributed by atoms with Crippen LogP contribution in [0.25, 0.3) is 0 Å². The maximum Gasteiger partial charge on any atom is 0.246 e. The molecule has 0 spiro atoms. The second-order valence-electron chi connectivity index (χ2n) is 5.86. The Bertz CT molecular complexity index is 562. The first-order chi connectivity index (χ1) is 11.1. The Hall–Kier alpha value is -1.83. The monoisotopic (exact) mass is 335 g/mol. The number of aromatic nitrogens is 2. The lowest BCUT2D eigenvalue weighted by atomic mass is 10.0. The van der Waals surface area contributed by atoms with Gasteiger partial charge in [-0.2, -0.15) is 5.10 Å². The van der Waals surface area contributed by atoms with Gasteiger partial charge in [-0.15, -0.1) is 16.9 Å². The van der Waals surface area contributed by atoms with Crippen LogP contribution >= 0.6 is 11.8 Å². The maximum absolute atomic E-state index is 12.7. The van der Waals surface area contributed by atoms with Gasteiger partial charge < -0.3 is 15.1 Å². The van der Waals surface area contributed by atoms with Gasteiger partial charge in [-0.1, -0.05) is 0 Å². The van der Waals surface area contributed by atoms with Crippen LogP contribution in [0.3, 0.4) is 0 Å². The van der Waals surface area contributed by atoms with Crippen LogP contribution in [0.2, 0.25) is 0 Å². The maximum atomic E-state index is 12.7. The van der Waals surface area contributed by atoms with Crippen LogP contribution in [0.4, 0.5) is 5.82 Å². The van der Waals surface area contributed by atoms with E-state index in [0.29, 0.717) is 30.8 Å². The zero-order chi connectivity index (χ0) is 16.2. The van der Waals surface area contributed by atoms with Gasteiger partial charge in [-0.05, 0) is 25.0 Å². The second-order valence-corrected chi connectivity index (χ2v) is 6.86. The molecule has 1 N–H and O–H groups in total. The van der Waals surface area contributed by atoms with E-state index in [0.717, 1.165) is 18.7 Å². The number of rotatable bonds is 3. The van der Waals surface area contributed by atoms with Gasteiger partial charge in [-0.25, -0.2) is 0 Å². The van der Waals surface area contributed by atoms with Crippen molar-refractivity contribution in [2.75, 3.05) is 30.0 Å². The molecule has 2 fully saturated rings. The van der Waals surface area contributed by atoms with E-state index >= 15 is 0 Å². The highest BCUT2D eigenvalue weighted by atomic mass is 32.2. The van der Waals surface area contributed by atoms with Crippen LogP contribution in [-0.4, -0.2) is 68.6 Å². The highest BCUT2D eigenvalue weighted by molar-refractivity contribution is 7.99. The van der Waals surface area contributed by atoms with E-state index in [1.54, 1.807) is 22.9 Å². The molecule has 23 heavy (non-hydrogen) atoms. The summed E-state index contributed by atoms with van der Waals surface area (Å²) >= 11 is 1.64. The molecule has 0 aromatic carbocycles. The molecule has 2 saturated heterocycles. The molecule has 0 saturated carbocycles. The molecular weight excluding hydrogens is 314 g/mol. The van der Waals surface area contributed by atoms with E-state index in [1.807, 2.05) is 17.0 Å². The van der Waals surface area contributed by atoms with E-state index in [1.165, 1.54) is 6.92 Å². The average Bonchev–Trinajstić information content (AvgIpc) is 3.06. The molecule has 7 nitrogen and oxygen atoms in total. The third kappa shape index (κ3) is 3.74. The van der Waals surface area contributed by atoms with Gasteiger partial charge in [0.05, 0.1) is 5.88 Å². The van der Waals surface area contributed by atoms with Gasteiger partial charge in [0.1, 0.15) is 11.9 Å². The molecule has 0 bridgehead atoms. The van der Waals surface area contributed by atoms with E-state index in [2.05, 4.69) is 15.5 Å². The number of likely N-dealkylation sites (tertiary alicyclic amines) is 1. The van der Waals surface area contributed by atoms with Crippen molar-refractivity contribution in [1.29, 1.82) is 0 Å². The Morgan fingerprint density at radius 3 is 2.78 bits per heavy atom. The molecule has 0 aliphatic carbocycles. The van der Waals surface area contributed by atoms with E-state index in [9.17, 15) is 9.59 Å². The van der Waals surface area contributed by atoms with E-state index in [-0.39, 0.29) is 17.9 Å². The molecular formula is C15H21N5O2S. The Labute approximate surface area is 139 Å². The lowest BCUT2D eigenvalue weighted by molar-refractivity contribution is -0.143. The average molecular weight is 335 g/mol. The number of thioether (sulfide) groups is 1. The minimum Gasteiger partial charge on any atom is -0.366 e. The minimum atomic E-state index is -0.290. The number of carbonyl (C=O) groups is 2. The molecule has 124 valence electrons. The van der Waals surface area contributed by atoms with Gasteiger partial charge in [-0.3, -0.25) is 9.59 Å². The normalized spacial score (nSPS) is 22.2. The zero-order valence-electron chi connectivity index (χ0n) is 13.1. The van der Waals surface area contributed by atoms with E-state index in [4.69, 9.17) is 0 Å². The van der Waals surface area contributed by atoms with Gasteiger partial charge in [0.25, 0.3) is 0 Å². The molecule has 2 amide bonds. The fourth-order valence-corrected chi connectivity index (χ4v) is 4.21. The van der Waals surface area contributed by atoms with Crippen molar-refractivity contribution in [1.82, 2.24) is 20.0 Å². The van der Waals surface area contributed by atoms with Crippen molar-refractivity contribution in [3.8, 4) is 0 Å². The summed E-state index contributed by atoms with van der Waals surface area (Å²) in [7, 11) is 0. The van der Waals surface area contributed by atoms with Gasteiger partial charge in [0.2, 0.25) is 11.8 Å². The molecule has 8 heteroatoms. The Balaban J connectivity index is 1.52. The van der Waals surface area contributed by atoms with Gasteiger partial charge >= 0.3 is 0 Å². The lowest BCUT2D eigenvalue weighted by Crippen LogP contribution is -2.51. The SMILES string of the molecule is CC(=O)N1CSCC1C(=O)N1CCC(Nc2cccnn2)CC1. The quantitative estimate of drug-likeness (QED) is 0.880. The Kier molecular flexibility index (Phi) is 5.00. The third-order valence-corrected chi connectivity index (χ3v) is 5.31. The fraction of sp³-hybridized carbons (Fsp3) is 0.600.